The minimum Gasteiger partial charge on any atom is -0.394 e. The number of para-hydroxylation sites is 2. The molecule has 1 aliphatic heterocycles. The standard InChI is InChI=1S/C13H16N2O4/c1-15-8-5-3-2-4-7(8)14-13(15)12-11(18)10(17)9(6-16)19-12/h2-5,9-12,16-18H,6H2,1H3/t9-,10-,11-,12-/m1/s1. The fourth-order valence-electron chi connectivity index (χ4n) is 2.53. The molecular formula is C13H16N2O4. The number of benzene rings is 1. The zero-order valence-corrected chi connectivity index (χ0v) is 10.5. The number of aryl methyl sites for hydroxylation is 1. The van der Waals surface area contributed by atoms with Gasteiger partial charge < -0.3 is 24.6 Å². The van der Waals surface area contributed by atoms with Gasteiger partial charge in [-0.15, -0.1) is 0 Å². The van der Waals surface area contributed by atoms with Crippen LogP contribution >= 0.6 is 0 Å². The highest BCUT2D eigenvalue weighted by Gasteiger charge is 2.44. The molecule has 2 aromatic rings. The van der Waals surface area contributed by atoms with E-state index in [9.17, 15) is 10.2 Å². The summed E-state index contributed by atoms with van der Waals surface area (Å²) in [4.78, 5) is 4.43. The molecule has 102 valence electrons. The Morgan fingerprint density at radius 1 is 1.26 bits per heavy atom. The van der Waals surface area contributed by atoms with Crippen molar-refractivity contribution in [3.63, 3.8) is 0 Å². The lowest BCUT2D eigenvalue weighted by Gasteiger charge is -2.14. The predicted octanol–water partition coefficient (Wildman–Crippen LogP) is -0.273. The van der Waals surface area contributed by atoms with Crippen LogP contribution in [-0.4, -0.2) is 49.8 Å². The fourth-order valence-corrected chi connectivity index (χ4v) is 2.53. The highest BCUT2D eigenvalue weighted by molar-refractivity contribution is 5.75. The Morgan fingerprint density at radius 2 is 2.00 bits per heavy atom. The molecule has 6 nitrogen and oxygen atoms in total. The molecule has 19 heavy (non-hydrogen) atoms. The average Bonchev–Trinajstić information content (AvgIpc) is 2.90. The Balaban J connectivity index is 2.03. The van der Waals surface area contributed by atoms with Crippen molar-refractivity contribution in [3.05, 3.63) is 30.1 Å². The number of fused-ring (bicyclic) bond motifs is 1. The third-order valence-corrected chi connectivity index (χ3v) is 3.62. The fraction of sp³-hybridized carbons (Fsp3) is 0.462. The van der Waals surface area contributed by atoms with Gasteiger partial charge in [-0.1, -0.05) is 12.1 Å². The quantitative estimate of drug-likeness (QED) is 0.695. The van der Waals surface area contributed by atoms with Gasteiger partial charge in [0.25, 0.3) is 0 Å². The van der Waals surface area contributed by atoms with E-state index < -0.39 is 24.4 Å². The van der Waals surface area contributed by atoms with Gasteiger partial charge in [-0.3, -0.25) is 0 Å². The maximum atomic E-state index is 10.0. The highest BCUT2D eigenvalue weighted by atomic mass is 16.6. The molecule has 2 heterocycles. The second kappa shape index (κ2) is 4.57. The molecule has 0 amide bonds. The molecule has 6 heteroatoms. The van der Waals surface area contributed by atoms with Gasteiger partial charge in [-0.2, -0.15) is 0 Å². The summed E-state index contributed by atoms with van der Waals surface area (Å²) in [6, 6.07) is 7.59. The lowest BCUT2D eigenvalue weighted by Crippen LogP contribution is -2.32. The van der Waals surface area contributed by atoms with Crippen LogP contribution in [-0.2, 0) is 11.8 Å². The van der Waals surface area contributed by atoms with Gasteiger partial charge >= 0.3 is 0 Å². The molecule has 4 atom stereocenters. The van der Waals surface area contributed by atoms with Crippen molar-refractivity contribution in [1.29, 1.82) is 0 Å². The second-order valence-electron chi connectivity index (χ2n) is 4.78. The van der Waals surface area contributed by atoms with Crippen LogP contribution in [0.2, 0.25) is 0 Å². The van der Waals surface area contributed by atoms with Crippen molar-refractivity contribution in [1.82, 2.24) is 9.55 Å². The molecular weight excluding hydrogens is 248 g/mol. The van der Waals surface area contributed by atoms with Crippen molar-refractivity contribution in [2.45, 2.75) is 24.4 Å². The lowest BCUT2D eigenvalue weighted by atomic mass is 10.1. The van der Waals surface area contributed by atoms with Crippen molar-refractivity contribution < 1.29 is 20.1 Å². The molecule has 0 saturated carbocycles. The van der Waals surface area contributed by atoms with Gasteiger partial charge in [0.05, 0.1) is 17.6 Å². The Bertz CT molecular complexity index is 597. The molecule has 0 spiro atoms. The van der Waals surface area contributed by atoms with Gasteiger partial charge in [0.1, 0.15) is 30.2 Å². The van der Waals surface area contributed by atoms with Crippen molar-refractivity contribution >= 4 is 11.0 Å². The highest BCUT2D eigenvalue weighted by Crippen LogP contribution is 2.34. The van der Waals surface area contributed by atoms with Crippen LogP contribution in [0.3, 0.4) is 0 Å². The van der Waals surface area contributed by atoms with E-state index in [0.29, 0.717) is 5.82 Å². The SMILES string of the molecule is Cn1c([C@@H]2O[C@H](CO)[C@@H](O)[C@H]2O)nc2ccccc21. The first-order valence-corrected chi connectivity index (χ1v) is 6.17. The number of rotatable bonds is 2. The minimum atomic E-state index is -1.10. The van der Waals surface area contributed by atoms with Crippen LogP contribution in [0.1, 0.15) is 11.9 Å². The van der Waals surface area contributed by atoms with E-state index >= 15 is 0 Å². The molecule has 0 unspecified atom stereocenters. The number of hydrogen-bond donors (Lipinski definition) is 3. The largest absolute Gasteiger partial charge is 0.394 e. The van der Waals surface area contributed by atoms with Gasteiger partial charge in [0.2, 0.25) is 0 Å². The summed E-state index contributed by atoms with van der Waals surface area (Å²) >= 11 is 0. The molecule has 3 rings (SSSR count). The monoisotopic (exact) mass is 264 g/mol. The van der Waals surface area contributed by atoms with Crippen LogP contribution in [0.25, 0.3) is 11.0 Å². The third kappa shape index (κ3) is 1.84. The van der Waals surface area contributed by atoms with Crippen molar-refractivity contribution in [2.75, 3.05) is 6.61 Å². The van der Waals surface area contributed by atoms with E-state index in [-0.39, 0.29) is 6.61 Å². The summed E-state index contributed by atoms with van der Waals surface area (Å²) < 4.78 is 7.33. The summed E-state index contributed by atoms with van der Waals surface area (Å²) in [5.41, 5.74) is 1.73. The number of aliphatic hydroxyl groups is 3. The number of aliphatic hydroxyl groups excluding tert-OH is 3. The van der Waals surface area contributed by atoms with E-state index in [2.05, 4.69) is 4.98 Å². The smallest absolute Gasteiger partial charge is 0.144 e. The zero-order valence-electron chi connectivity index (χ0n) is 10.5. The van der Waals surface area contributed by atoms with Gasteiger partial charge in [-0.25, -0.2) is 4.98 Å². The first-order valence-electron chi connectivity index (χ1n) is 6.17. The normalized spacial score (nSPS) is 31.2. The van der Waals surface area contributed by atoms with Gasteiger partial charge in [0.15, 0.2) is 0 Å². The number of nitrogens with zero attached hydrogens (tertiary/aromatic N) is 2. The molecule has 3 N–H and O–H groups in total. The summed E-state index contributed by atoms with van der Waals surface area (Å²) in [6.07, 6.45) is -3.70. The van der Waals surface area contributed by atoms with Crippen LogP contribution in [0.15, 0.2) is 24.3 Å². The number of hydrogen-bond acceptors (Lipinski definition) is 5. The lowest BCUT2D eigenvalue weighted by molar-refractivity contribution is -0.0259. The molecule has 0 radical (unpaired) electrons. The van der Waals surface area contributed by atoms with E-state index in [1.54, 1.807) is 0 Å². The zero-order chi connectivity index (χ0) is 13.6. The minimum absolute atomic E-state index is 0.335. The summed E-state index contributed by atoms with van der Waals surface area (Å²) in [7, 11) is 1.83. The molecule has 1 fully saturated rings. The second-order valence-corrected chi connectivity index (χ2v) is 4.78. The summed E-state index contributed by atoms with van der Waals surface area (Å²) in [5, 5.41) is 28.9. The van der Waals surface area contributed by atoms with E-state index in [1.807, 2.05) is 35.9 Å². The van der Waals surface area contributed by atoms with Crippen LogP contribution < -0.4 is 0 Å². The Hall–Kier alpha value is -1.47. The predicted molar refractivity (Wildman–Crippen MR) is 67.4 cm³/mol. The molecule has 1 saturated heterocycles. The summed E-state index contributed by atoms with van der Waals surface area (Å²) in [5.74, 6) is 0.545. The number of aromatic nitrogens is 2. The summed E-state index contributed by atoms with van der Waals surface area (Å²) in [6.45, 7) is -0.335. The van der Waals surface area contributed by atoms with Crippen molar-refractivity contribution in [2.24, 2.45) is 7.05 Å². The topological polar surface area (TPSA) is 87.7 Å². The molecule has 1 aliphatic rings. The van der Waals surface area contributed by atoms with Crippen molar-refractivity contribution in [3.8, 4) is 0 Å². The Morgan fingerprint density at radius 3 is 2.63 bits per heavy atom. The van der Waals surface area contributed by atoms with E-state index in [4.69, 9.17) is 9.84 Å². The maximum absolute atomic E-state index is 10.0. The maximum Gasteiger partial charge on any atom is 0.144 e. The van der Waals surface area contributed by atoms with Crippen LogP contribution in [0, 0.1) is 0 Å². The van der Waals surface area contributed by atoms with Gasteiger partial charge in [-0.05, 0) is 12.1 Å². The van der Waals surface area contributed by atoms with E-state index in [1.165, 1.54) is 0 Å². The molecule has 1 aromatic carbocycles. The Kier molecular flexibility index (Phi) is 3.02. The molecule has 1 aromatic heterocycles. The first-order chi connectivity index (χ1) is 9.13. The van der Waals surface area contributed by atoms with E-state index in [0.717, 1.165) is 11.0 Å². The van der Waals surface area contributed by atoms with Gasteiger partial charge in [0, 0.05) is 7.05 Å². The third-order valence-electron chi connectivity index (χ3n) is 3.62. The van der Waals surface area contributed by atoms with Crippen LogP contribution in [0.5, 0.6) is 0 Å². The number of imidazole rings is 1. The molecule has 0 bridgehead atoms. The molecule has 0 aliphatic carbocycles. The Labute approximate surface area is 109 Å². The average molecular weight is 264 g/mol. The number of ether oxygens (including phenoxy) is 1. The van der Waals surface area contributed by atoms with Crippen LogP contribution in [0.4, 0.5) is 0 Å². The first kappa shape index (κ1) is 12.6.